The summed E-state index contributed by atoms with van der Waals surface area (Å²) >= 11 is 0. The van der Waals surface area contributed by atoms with Crippen LogP contribution in [0.3, 0.4) is 0 Å². The Kier molecular flexibility index (Phi) is 6.56. The number of rotatable bonds is 5. The van der Waals surface area contributed by atoms with Crippen molar-refractivity contribution in [3.05, 3.63) is 36.8 Å². The second-order valence-corrected chi connectivity index (χ2v) is 6.54. The van der Waals surface area contributed by atoms with Crippen LogP contribution in [0.25, 0.3) is 22.3 Å². The second-order valence-electron chi connectivity index (χ2n) is 6.54. The Bertz CT molecular complexity index is 916. The Morgan fingerprint density at radius 2 is 2.07 bits per heavy atom. The molecule has 1 N–H and O–H groups in total. The van der Waals surface area contributed by atoms with Gasteiger partial charge in [0.05, 0.1) is 17.8 Å². The van der Waals surface area contributed by atoms with Gasteiger partial charge in [-0.05, 0) is 18.2 Å². The number of hydrogen-bond donors (Lipinski definition) is 1. The highest BCUT2D eigenvalue weighted by molar-refractivity contribution is 5.85. The van der Waals surface area contributed by atoms with Gasteiger partial charge in [-0.15, -0.1) is 12.4 Å². The van der Waals surface area contributed by atoms with Gasteiger partial charge in [-0.3, -0.25) is 4.98 Å². The van der Waals surface area contributed by atoms with Gasteiger partial charge in [0, 0.05) is 51.3 Å². The minimum atomic E-state index is -0.00281. The number of hydrogen-bond acceptors (Lipinski definition) is 8. The van der Waals surface area contributed by atoms with Crippen LogP contribution in [0.5, 0.6) is 5.88 Å². The molecule has 1 saturated heterocycles. The SMILES string of the molecule is CN(C)c1ccc(-c2cc3nccnc3c(OC[C@H]3CNCCO3)n2)cn1.Cl. The molecule has 4 heterocycles. The predicted molar refractivity (Wildman–Crippen MR) is 110 cm³/mol. The van der Waals surface area contributed by atoms with Gasteiger partial charge in [0.25, 0.3) is 0 Å². The number of ether oxygens (including phenoxy) is 2. The van der Waals surface area contributed by atoms with E-state index in [9.17, 15) is 0 Å². The van der Waals surface area contributed by atoms with Crippen LogP contribution in [0, 0.1) is 0 Å². The molecule has 0 radical (unpaired) electrons. The lowest BCUT2D eigenvalue weighted by Crippen LogP contribution is -2.41. The molecule has 9 heteroatoms. The number of aromatic nitrogens is 4. The van der Waals surface area contributed by atoms with Crippen molar-refractivity contribution in [3.8, 4) is 17.1 Å². The second kappa shape index (κ2) is 9.09. The quantitative estimate of drug-likeness (QED) is 0.693. The van der Waals surface area contributed by atoms with Crippen molar-refractivity contribution in [1.29, 1.82) is 0 Å². The smallest absolute Gasteiger partial charge is 0.242 e. The van der Waals surface area contributed by atoms with Crippen molar-refractivity contribution < 1.29 is 9.47 Å². The minimum absolute atomic E-state index is 0. The Morgan fingerprint density at radius 3 is 2.79 bits per heavy atom. The minimum Gasteiger partial charge on any atom is -0.473 e. The van der Waals surface area contributed by atoms with Gasteiger partial charge in [0.2, 0.25) is 5.88 Å². The van der Waals surface area contributed by atoms with Crippen molar-refractivity contribution in [2.75, 3.05) is 45.3 Å². The lowest BCUT2D eigenvalue weighted by atomic mass is 10.1. The predicted octanol–water partition coefficient (Wildman–Crippen LogP) is 1.94. The van der Waals surface area contributed by atoms with Crippen LogP contribution in [0.2, 0.25) is 0 Å². The fourth-order valence-corrected chi connectivity index (χ4v) is 2.89. The highest BCUT2D eigenvalue weighted by Gasteiger charge is 2.17. The fraction of sp³-hybridized carbons (Fsp3) is 0.368. The molecule has 3 aromatic heterocycles. The van der Waals surface area contributed by atoms with E-state index in [4.69, 9.17) is 9.47 Å². The van der Waals surface area contributed by atoms with Crippen molar-refractivity contribution in [2.45, 2.75) is 6.10 Å². The monoisotopic (exact) mass is 402 g/mol. The highest BCUT2D eigenvalue weighted by Crippen LogP contribution is 2.27. The van der Waals surface area contributed by atoms with Crippen LogP contribution >= 0.6 is 12.4 Å². The van der Waals surface area contributed by atoms with E-state index in [1.165, 1.54) is 0 Å². The molecule has 148 valence electrons. The van der Waals surface area contributed by atoms with Crippen LogP contribution in [-0.2, 0) is 4.74 Å². The molecule has 0 amide bonds. The van der Waals surface area contributed by atoms with Crippen molar-refractivity contribution in [3.63, 3.8) is 0 Å². The average Bonchev–Trinajstić information content (AvgIpc) is 2.72. The summed E-state index contributed by atoms with van der Waals surface area (Å²) in [5.74, 6) is 1.35. The Hall–Kier alpha value is -2.55. The zero-order valence-electron chi connectivity index (χ0n) is 15.8. The molecule has 1 atom stereocenters. The van der Waals surface area contributed by atoms with E-state index in [1.807, 2.05) is 37.2 Å². The van der Waals surface area contributed by atoms with E-state index >= 15 is 0 Å². The van der Waals surface area contributed by atoms with E-state index in [-0.39, 0.29) is 18.5 Å². The molecule has 1 aliphatic heterocycles. The molecule has 3 aromatic rings. The Morgan fingerprint density at radius 1 is 1.21 bits per heavy atom. The normalized spacial score (nSPS) is 16.4. The number of pyridine rings is 2. The number of morpholine rings is 1. The topological polar surface area (TPSA) is 85.3 Å². The van der Waals surface area contributed by atoms with Gasteiger partial charge < -0.3 is 19.7 Å². The van der Waals surface area contributed by atoms with E-state index in [1.54, 1.807) is 18.6 Å². The number of anilines is 1. The first-order valence-corrected chi connectivity index (χ1v) is 8.91. The van der Waals surface area contributed by atoms with Crippen LogP contribution in [0.15, 0.2) is 36.8 Å². The Labute approximate surface area is 169 Å². The summed E-state index contributed by atoms with van der Waals surface area (Å²) in [7, 11) is 3.92. The van der Waals surface area contributed by atoms with Gasteiger partial charge in [-0.2, -0.15) is 0 Å². The van der Waals surface area contributed by atoms with E-state index in [2.05, 4.69) is 25.3 Å². The molecule has 0 aliphatic carbocycles. The van der Waals surface area contributed by atoms with Crippen LogP contribution < -0.4 is 15.0 Å². The number of nitrogens with one attached hydrogen (secondary N) is 1. The number of nitrogens with zero attached hydrogens (tertiary/aromatic N) is 5. The molecule has 0 spiro atoms. The zero-order valence-corrected chi connectivity index (χ0v) is 16.6. The summed E-state index contributed by atoms with van der Waals surface area (Å²) in [5.41, 5.74) is 3.02. The van der Waals surface area contributed by atoms with Gasteiger partial charge in [0.1, 0.15) is 18.5 Å². The van der Waals surface area contributed by atoms with Crippen LogP contribution in [0.1, 0.15) is 0 Å². The molecular formula is C19H23ClN6O2. The molecule has 4 rings (SSSR count). The maximum atomic E-state index is 5.98. The third kappa shape index (κ3) is 4.46. The summed E-state index contributed by atoms with van der Waals surface area (Å²) in [6, 6.07) is 5.85. The molecule has 28 heavy (non-hydrogen) atoms. The first kappa shape index (κ1) is 20.2. The molecule has 1 fully saturated rings. The maximum absolute atomic E-state index is 5.98. The third-order valence-electron chi connectivity index (χ3n) is 4.34. The van der Waals surface area contributed by atoms with E-state index in [0.717, 1.165) is 35.7 Å². The maximum Gasteiger partial charge on any atom is 0.242 e. The standard InChI is InChI=1S/C19H22N6O2.ClH/c1-25(2)17-4-3-13(10-23-17)15-9-16-18(22-6-5-21-16)19(24-15)27-12-14-11-20-7-8-26-14;/h3-6,9-10,14,20H,7-8,11-12H2,1-2H3;1H/t14-;/m1./s1. The lowest BCUT2D eigenvalue weighted by molar-refractivity contribution is -0.000407. The molecular weight excluding hydrogens is 380 g/mol. The van der Waals surface area contributed by atoms with Gasteiger partial charge in [-0.25, -0.2) is 15.0 Å². The summed E-state index contributed by atoms with van der Waals surface area (Å²) in [6.07, 6.45) is 5.11. The summed E-state index contributed by atoms with van der Waals surface area (Å²) in [6.45, 7) is 2.73. The molecule has 0 saturated carbocycles. The summed E-state index contributed by atoms with van der Waals surface area (Å²) < 4.78 is 11.7. The van der Waals surface area contributed by atoms with Crippen LogP contribution in [0.4, 0.5) is 5.82 Å². The number of fused-ring (bicyclic) bond motifs is 1. The van der Waals surface area contributed by atoms with Crippen molar-refractivity contribution in [2.24, 2.45) is 0 Å². The van der Waals surface area contributed by atoms with Crippen molar-refractivity contribution in [1.82, 2.24) is 25.3 Å². The zero-order chi connectivity index (χ0) is 18.6. The summed E-state index contributed by atoms with van der Waals surface area (Å²) in [5, 5.41) is 3.29. The van der Waals surface area contributed by atoms with Gasteiger partial charge >= 0.3 is 0 Å². The van der Waals surface area contributed by atoms with Gasteiger partial charge in [-0.1, -0.05) is 0 Å². The highest BCUT2D eigenvalue weighted by atomic mass is 35.5. The van der Waals surface area contributed by atoms with Gasteiger partial charge in [0.15, 0.2) is 5.52 Å². The molecule has 8 nitrogen and oxygen atoms in total. The first-order valence-electron chi connectivity index (χ1n) is 8.91. The molecule has 0 bridgehead atoms. The van der Waals surface area contributed by atoms with Crippen LogP contribution in [-0.4, -0.2) is 66.4 Å². The Balaban J connectivity index is 0.00000225. The van der Waals surface area contributed by atoms with Crippen molar-refractivity contribution >= 4 is 29.3 Å². The average molecular weight is 403 g/mol. The first-order chi connectivity index (χ1) is 13.2. The van der Waals surface area contributed by atoms with E-state index < -0.39 is 0 Å². The largest absolute Gasteiger partial charge is 0.473 e. The summed E-state index contributed by atoms with van der Waals surface area (Å²) in [4.78, 5) is 19.9. The van der Waals surface area contributed by atoms with E-state index in [0.29, 0.717) is 24.6 Å². The molecule has 0 unspecified atom stereocenters. The number of halogens is 1. The lowest BCUT2D eigenvalue weighted by Gasteiger charge is -2.23. The fourth-order valence-electron chi connectivity index (χ4n) is 2.89. The molecule has 0 aromatic carbocycles. The molecule has 1 aliphatic rings. The third-order valence-corrected chi connectivity index (χ3v) is 4.34.